The van der Waals surface area contributed by atoms with Gasteiger partial charge in [0.05, 0.1) is 7.11 Å². The number of nitrogens with zero attached hydrogens (tertiary/aromatic N) is 4. The number of hydrogen-bond acceptors (Lipinski definition) is 7. The zero-order chi connectivity index (χ0) is 17.9. The van der Waals surface area contributed by atoms with Crippen LogP contribution in [0.5, 0.6) is 5.75 Å². The Bertz CT molecular complexity index is 1020. The molecule has 0 aliphatic rings. The van der Waals surface area contributed by atoms with E-state index in [1.165, 1.54) is 0 Å². The van der Waals surface area contributed by atoms with Gasteiger partial charge >= 0.3 is 0 Å². The molecule has 0 aliphatic heterocycles. The first-order chi connectivity index (χ1) is 12.7. The highest BCUT2D eigenvalue weighted by atomic mass is 16.5. The van der Waals surface area contributed by atoms with Crippen molar-refractivity contribution in [2.24, 2.45) is 0 Å². The van der Waals surface area contributed by atoms with Crippen LogP contribution >= 0.6 is 0 Å². The van der Waals surface area contributed by atoms with E-state index in [1.807, 2.05) is 55.5 Å². The molecule has 26 heavy (non-hydrogen) atoms. The average molecular weight is 348 g/mol. The Morgan fingerprint density at radius 2 is 1.81 bits per heavy atom. The van der Waals surface area contributed by atoms with E-state index < -0.39 is 0 Å². The van der Waals surface area contributed by atoms with Gasteiger partial charge in [-0.05, 0) is 37.3 Å². The van der Waals surface area contributed by atoms with E-state index in [0.717, 1.165) is 22.4 Å². The van der Waals surface area contributed by atoms with E-state index in [9.17, 15) is 0 Å². The maximum Gasteiger partial charge on any atom is 0.247 e. The fraction of sp³-hybridized carbons (Fsp3) is 0.158. The number of ether oxygens (including phenoxy) is 1. The van der Waals surface area contributed by atoms with Crippen molar-refractivity contribution in [1.82, 2.24) is 20.3 Å². The molecule has 0 spiro atoms. The molecular weight excluding hydrogens is 332 g/mol. The molecule has 0 radical (unpaired) electrons. The average Bonchev–Trinajstić information content (AvgIpc) is 3.32. The van der Waals surface area contributed by atoms with Gasteiger partial charge in [-0.2, -0.15) is 4.98 Å². The van der Waals surface area contributed by atoms with Gasteiger partial charge in [0.1, 0.15) is 12.2 Å². The van der Waals surface area contributed by atoms with Crippen LogP contribution in [0.2, 0.25) is 0 Å². The van der Waals surface area contributed by atoms with Gasteiger partial charge in [0.2, 0.25) is 23.5 Å². The maximum atomic E-state index is 5.69. The lowest BCUT2D eigenvalue weighted by molar-refractivity contribution is 0.374. The van der Waals surface area contributed by atoms with Crippen LogP contribution in [-0.2, 0) is 6.42 Å². The lowest BCUT2D eigenvalue weighted by Crippen LogP contribution is -1.89. The summed E-state index contributed by atoms with van der Waals surface area (Å²) in [6.07, 6.45) is 0.280. The highest BCUT2D eigenvalue weighted by Crippen LogP contribution is 2.22. The first-order valence-corrected chi connectivity index (χ1v) is 8.08. The number of hydrogen-bond donors (Lipinski definition) is 0. The summed E-state index contributed by atoms with van der Waals surface area (Å²) in [6, 6.07) is 15.3. The SMILES string of the molecule is COc1ccc(-c2nnc(Cc3nc(-c4cccc(C)c4)no3)o2)cc1. The van der Waals surface area contributed by atoms with Crippen molar-refractivity contribution in [2.45, 2.75) is 13.3 Å². The monoisotopic (exact) mass is 348 g/mol. The Hall–Kier alpha value is -3.48. The van der Waals surface area contributed by atoms with E-state index in [2.05, 4.69) is 20.3 Å². The molecule has 130 valence electrons. The topological polar surface area (TPSA) is 87.1 Å². The van der Waals surface area contributed by atoms with Crippen molar-refractivity contribution in [1.29, 1.82) is 0 Å². The second-order valence-corrected chi connectivity index (χ2v) is 5.79. The summed E-state index contributed by atoms with van der Waals surface area (Å²) in [5, 5.41) is 12.1. The van der Waals surface area contributed by atoms with E-state index >= 15 is 0 Å². The minimum atomic E-state index is 0.280. The third-order valence-electron chi connectivity index (χ3n) is 3.85. The molecule has 7 heteroatoms. The second kappa shape index (κ2) is 6.79. The lowest BCUT2D eigenvalue weighted by Gasteiger charge is -1.99. The zero-order valence-corrected chi connectivity index (χ0v) is 14.3. The fourth-order valence-corrected chi connectivity index (χ4v) is 2.53. The molecule has 0 N–H and O–H groups in total. The molecule has 0 atom stereocenters. The van der Waals surface area contributed by atoms with E-state index in [4.69, 9.17) is 13.7 Å². The molecule has 0 aliphatic carbocycles. The molecule has 0 amide bonds. The third kappa shape index (κ3) is 3.32. The highest BCUT2D eigenvalue weighted by Gasteiger charge is 2.14. The molecule has 2 aromatic carbocycles. The van der Waals surface area contributed by atoms with Crippen LogP contribution in [0, 0.1) is 6.92 Å². The standard InChI is InChI=1S/C19H16N4O3/c1-12-4-3-5-14(10-12)18-20-16(26-23-18)11-17-21-22-19(25-17)13-6-8-15(24-2)9-7-13/h3-10H,11H2,1-2H3. The van der Waals surface area contributed by atoms with Crippen molar-refractivity contribution < 1.29 is 13.7 Å². The molecule has 4 rings (SSSR count). The fourth-order valence-electron chi connectivity index (χ4n) is 2.53. The first kappa shape index (κ1) is 16.0. The van der Waals surface area contributed by atoms with E-state index in [0.29, 0.717) is 23.5 Å². The van der Waals surface area contributed by atoms with Gasteiger partial charge in [0, 0.05) is 11.1 Å². The van der Waals surface area contributed by atoms with Gasteiger partial charge in [-0.1, -0.05) is 28.9 Å². The highest BCUT2D eigenvalue weighted by molar-refractivity contribution is 5.55. The lowest BCUT2D eigenvalue weighted by atomic mass is 10.1. The summed E-state index contributed by atoms with van der Waals surface area (Å²) in [5.74, 6) is 2.57. The van der Waals surface area contributed by atoms with Gasteiger partial charge in [0.25, 0.3) is 0 Å². The van der Waals surface area contributed by atoms with Gasteiger partial charge in [-0.3, -0.25) is 0 Å². The van der Waals surface area contributed by atoms with E-state index in [-0.39, 0.29) is 6.42 Å². The molecule has 0 unspecified atom stereocenters. The molecule has 0 saturated heterocycles. The van der Waals surface area contributed by atoms with Crippen LogP contribution in [0.25, 0.3) is 22.8 Å². The van der Waals surface area contributed by atoms with Crippen molar-refractivity contribution in [3.05, 3.63) is 65.9 Å². The normalized spacial score (nSPS) is 10.8. The predicted octanol–water partition coefficient (Wildman–Crippen LogP) is 3.69. The molecular formula is C19H16N4O3. The van der Waals surface area contributed by atoms with Crippen LogP contribution in [0.1, 0.15) is 17.3 Å². The molecule has 2 heterocycles. The van der Waals surface area contributed by atoms with Crippen LogP contribution in [0.4, 0.5) is 0 Å². The molecule has 0 fully saturated rings. The van der Waals surface area contributed by atoms with Crippen molar-refractivity contribution >= 4 is 0 Å². The minimum absolute atomic E-state index is 0.280. The van der Waals surface area contributed by atoms with Gasteiger partial charge in [0.15, 0.2) is 0 Å². The molecule has 2 aromatic heterocycles. The molecule has 4 aromatic rings. The quantitative estimate of drug-likeness (QED) is 0.543. The van der Waals surface area contributed by atoms with Crippen molar-refractivity contribution in [3.8, 4) is 28.6 Å². The molecule has 0 bridgehead atoms. The first-order valence-electron chi connectivity index (χ1n) is 8.08. The Labute approximate surface area is 149 Å². The Morgan fingerprint density at radius 3 is 2.58 bits per heavy atom. The Morgan fingerprint density at radius 1 is 0.962 bits per heavy atom. The number of rotatable bonds is 5. The molecule has 0 saturated carbocycles. The van der Waals surface area contributed by atoms with Crippen molar-refractivity contribution in [2.75, 3.05) is 7.11 Å². The summed E-state index contributed by atoms with van der Waals surface area (Å²) in [5.41, 5.74) is 2.86. The number of methoxy groups -OCH3 is 1. The van der Waals surface area contributed by atoms with E-state index in [1.54, 1.807) is 7.11 Å². The summed E-state index contributed by atoms with van der Waals surface area (Å²) in [7, 11) is 1.62. The van der Waals surface area contributed by atoms with Crippen LogP contribution in [0.3, 0.4) is 0 Å². The van der Waals surface area contributed by atoms with Crippen LogP contribution in [-0.4, -0.2) is 27.4 Å². The second-order valence-electron chi connectivity index (χ2n) is 5.79. The maximum absolute atomic E-state index is 5.69. The Balaban J connectivity index is 1.51. The van der Waals surface area contributed by atoms with Gasteiger partial charge in [-0.15, -0.1) is 10.2 Å². The Kier molecular flexibility index (Phi) is 4.18. The van der Waals surface area contributed by atoms with Crippen molar-refractivity contribution in [3.63, 3.8) is 0 Å². The van der Waals surface area contributed by atoms with Crippen LogP contribution < -0.4 is 4.74 Å². The molecule has 7 nitrogen and oxygen atoms in total. The largest absolute Gasteiger partial charge is 0.497 e. The summed E-state index contributed by atoms with van der Waals surface area (Å²) in [6.45, 7) is 2.02. The summed E-state index contributed by atoms with van der Waals surface area (Å²) in [4.78, 5) is 4.40. The minimum Gasteiger partial charge on any atom is -0.497 e. The third-order valence-corrected chi connectivity index (χ3v) is 3.85. The summed E-state index contributed by atoms with van der Waals surface area (Å²) >= 11 is 0. The predicted molar refractivity (Wildman–Crippen MR) is 93.6 cm³/mol. The van der Waals surface area contributed by atoms with Gasteiger partial charge < -0.3 is 13.7 Å². The van der Waals surface area contributed by atoms with Gasteiger partial charge in [-0.25, -0.2) is 0 Å². The van der Waals surface area contributed by atoms with Crippen LogP contribution in [0.15, 0.2) is 57.5 Å². The number of aryl methyl sites for hydroxylation is 1. The summed E-state index contributed by atoms with van der Waals surface area (Å²) < 4.78 is 16.1. The zero-order valence-electron chi connectivity index (χ0n) is 14.3. The number of benzene rings is 2. The smallest absolute Gasteiger partial charge is 0.247 e. The number of aromatic nitrogens is 4.